The first-order valence-corrected chi connectivity index (χ1v) is 16.9. The Morgan fingerprint density at radius 3 is 1.39 bits per heavy atom. The van der Waals surface area contributed by atoms with E-state index in [0.29, 0.717) is 22.2 Å². The summed E-state index contributed by atoms with van der Waals surface area (Å²) in [6, 6.07) is 48.7. The largest absolute Gasteiger partial charge is 0.310 e. The lowest BCUT2D eigenvalue weighted by atomic mass is 9.95. The number of hydrogen-bond acceptors (Lipinski definition) is 1. The van der Waals surface area contributed by atoms with Gasteiger partial charge in [0.2, 0.25) is 0 Å². The van der Waals surface area contributed by atoms with Crippen molar-refractivity contribution < 1.29 is 11.0 Å². The van der Waals surface area contributed by atoms with Gasteiger partial charge in [0.25, 0.3) is 0 Å². The van der Waals surface area contributed by atoms with Gasteiger partial charge in [0.05, 0.1) is 16.7 Å². The Morgan fingerprint density at radius 1 is 0.314 bits per heavy atom. The van der Waals surface area contributed by atoms with Crippen LogP contribution in [-0.2, 0) is 0 Å². The van der Waals surface area contributed by atoms with Gasteiger partial charge in [-0.1, -0.05) is 170 Å². The fourth-order valence-electron chi connectivity index (χ4n) is 6.68. The first-order chi connectivity index (χ1) is 28.6. The highest BCUT2D eigenvalue weighted by molar-refractivity contribution is 6.00. The lowest BCUT2D eigenvalue weighted by Gasteiger charge is -2.27. The molecular formula is C50H35N. The minimum Gasteiger partial charge on any atom is -0.310 e. The topological polar surface area (TPSA) is 3.24 Å². The predicted octanol–water partition coefficient (Wildman–Crippen LogP) is 14.1. The number of hydrogen-bond donors (Lipinski definition) is 0. The van der Waals surface area contributed by atoms with E-state index in [1.54, 1.807) is 24.3 Å². The molecule has 1 heteroatoms. The summed E-state index contributed by atoms with van der Waals surface area (Å²) in [6.07, 6.45) is 0. The van der Waals surface area contributed by atoms with Crippen LogP contribution in [0.25, 0.3) is 66.1 Å². The normalized spacial score (nSPS) is 13.3. The molecule has 9 aromatic carbocycles. The maximum Gasteiger partial charge on any atom is 0.0645 e. The smallest absolute Gasteiger partial charge is 0.0645 e. The molecule has 0 aliphatic heterocycles. The Hall–Kier alpha value is -6.70. The number of nitrogens with zero attached hydrogens (tertiary/aromatic N) is 1. The third kappa shape index (κ3) is 5.96. The highest BCUT2D eigenvalue weighted by Crippen LogP contribution is 2.41. The number of benzene rings is 9. The second-order valence-electron chi connectivity index (χ2n) is 12.3. The zero-order chi connectivity index (χ0) is 40.9. The van der Waals surface area contributed by atoms with Gasteiger partial charge in [0, 0.05) is 16.8 Å². The standard InChI is InChI=1S/C50H35N/c1-2-12-36(13-3-1)41-18-8-19-42(34-41)37-26-30-45(31-27-37)51(50-25-11-17-40-15-5-7-23-49(40)50)46-32-28-38(29-33-46)43-20-9-21-44(35-43)48-24-10-16-39-14-4-6-22-47(39)48/h1-35H/i26D,27D,28D,29D,30D,31D,32D,33D. The van der Waals surface area contributed by atoms with Gasteiger partial charge in [0.15, 0.2) is 0 Å². The zero-order valence-electron chi connectivity index (χ0n) is 35.5. The summed E-state index contributed by atoms with van der Waals surface area (Å²) in [5, 5.41) is 3.58. The summed E-state index contributed by atoms with van der Waals surface area (Å²) in [5.74, 6) is 0. The predicted molar refractivity (Wildman–Crippen MR) is 218 cm³/mol. The molecule has 0 N–H and O–H groups in total. The SMILES string of the molecule is [2H]c1c([2H])c(N(c2c([2H])c([2H])c(-c3cccc(-c4cccc5ccccc45)c3)c([2H])c2[2H])c2cccc3ccccc23)c([2H])c([2H])c1-c1cccc(-c2ccccc2)c1. The Morgan fingerprint density at radius 2 is 0.745 bits per heavy atom. The molecule has 0 aliphatic carbocycles. The first-order valence-electron chi connectivity index (χ1n) is 20.9. The highest BCUT2D eigenvalue weighted by Gasteiger charge is 2.16. The molecule has 0 saturated heterocycles. The quantitative estimate of drug-likeness (QED) is 0.165. The van der Waals surface area contributed by atoms with E-state index in [9.17, 15) is 11.0 Å². The summed E-state index contributed by atoms with van der Waals surface area (Å²) >= 11 is 0. The monoisotopic (exact) mass is 657 g/mol. The van der Waals surface area contributed by atoms with E-state index in [4.69, 9.17) is 0 Å². The average Bonchev–Trinajstić information content (AvgIpc) is 3.27. The fourth-order valence-corrected chi connectivity index (χ4v) is 6.68. The summed E-state index contributed by atoms with van der Waals surface area (Å²) < 4.78 is 75.8. The maximum atomic E-state index is 9.57. The molecule has 0 saturated carbocycles. The second kappa shape index (κ2) is 13.3. The third-order valence-electron chi connectivity index (χ3n) is 9.19. The molecule has 0 heterocycles. The van der Waals surface area contributed by atoms with Crippen LogP contribution in [0, 0.1) is 0 Å². The molecule has 9 rings (SSSR count). The zero-order valence-corrected chi connectivity index (χ0v) is 27.5. The Kier molecular flexibility index (Phi) is 5.96. The van der Waals surface area contributed by atoms with Gasteiger partial charge < -0.3 is 4.90 Å². The van der Waals surface area contributed by atoms with Crippen molar-refractivity contribution in [3.8, 4) is 44.5 Å². The molecule has 51 heavy (non-hydrogen) atoms. The van der Waals surface area contributed by atoms with E-state index in [0.717, 1.165) is 38.4 Å². The summed E-state index contributed by atoms with van der Waals surface area (Å²) in [7, 11) is 0. The molecule has 0 atom stereocenters. The van der Waals surface area contributed by atoms with Crippen molar-refractivity contribution in [3.05, 3.63) is 212 Å². The second-order valence-corrected chi connectivity index (χ2v) is 12.3. The molecular weight excluding hydrogens is 615 g/mol. The number of fused-ring (bicyclic) bond motifs is 2. The van der Waals surface area contributed by atoms with Crippen LogP contribution in [0.3, 0.4) is 0 Å². The lowest BCUT2D eigenvalue weighted by molar-refractivity contribution is 1.30. The van der Waals surface area contributed by atoms with Crippen LogP contribution in [0.2, 0.25) is 0 Å². The van der Waals surface area contributed by atoms with E-state index in [-0.39, 0.29) is 70.8 Å². The Balaban J connectivity index is 1.26. The van der Waals surface area contributed by atoms with Crippen molar-refractivity contribution in [2.75, 3.05) is 4.90 Å². The van der Waals surface area contributed by atoms with E-state index in [2.05, 4.69) is 0 Å². The van der Waals surface area contributed by atoms with Crippen LogP contribution in [0.15, 0.2) is 212 Å². The van der Waals surface area contributed by atoms with Gasteiger partial charge in [-0.25, -0.2) is 0 Å². The molecule has 240 valence electrons. The van der Waals surface area contributed by atoms with Crippen LogP contribution in [0.5, 0.6) is 0 Å². The van der Waals surface area contributed by atoms with Gasteiger partial charge >= 0.3 is 0 Å². The molecule has 0 aromatic heterocycles. The molecule has 9 aromatic rings. The maximum absolute atomic E-state index is 9.57. The van der Waals surface area contributed by atoms with E-state index in [1.165, 1.54) is 4.90 Å². The van der Waals surface area contributed by atoms with Crippen molar-refractivity contribution in [3.63, 3.8) is 0 Å². The van der Waals surface area contributed by atoms with Crippen molar-refractivity contribution in [1.82, 2.24) is 0 Å². The lowest BCUT2D eigenvalue weighted by Crippen LogP contribution is -2.10. The van der Waals surface area contributed by atoms with Crippen molar-refractivity contribution in [2.45, 2.75) is 0 Å². The van der Waals surface area contributed by atoms with Crippen LogP contribution in [0.1, 0.15) is 11.0 Å². The average molecular weight is 658 g/mol. The van der Waals surface area contributed by atoms with Crippen molar-refractivity contribution in [1.29, 1.82) is 0 Å². The minimum absolute atomic E-state index is 0.108. The van der Waals surface area contributed by atoms with Crippen LogP contribution in [0.4, 0.5) is 17.1 Å². The van der Waals surface area contributed by atoms with Gasteiger partial charge in [-0.15, -0.1) is 0 Å². The summed E-state index contributed by atoms with van der Waals surface area (Å²) in [5.41, 5.74) is 4.85. The molecule has 0 spiro atoms. The highest BCUT2D eigenvalue weighted by atomic mass is 15.1. The minimum atomic E-state index is -0.388. The Labute approximate surface area is 310 Å². The van der Waals surface area contributed by atoms with Gasteiger partial charge in [0.1, 0.15) is 0 Å². The molecule has 0 unspecified atom stereocenters. The van der Waals surface area contributed by atoms with Crippen LogP contribution < -0.4 is 4.90 Å². The number of anilines is 3. The van der Waals surface area contributed by atoms with Gasteiger partial charge in [-0.05, 0) is 103 Å². The van der Waals surface area contributed by atoms with E-state index >= 15 is 0 Å². The molecule has 0 bridgehead atoms. The van der Waals surface area contributed by atoms with Crippen molar-refractivity contribution in [2.24, 2.45) is 0 Å². The fraction of sp³-hybridized carbons (Fsp3) is 0. The molecule has 0 amide bonds. The van der Waals surface area contributed by atoms with Gasteiger partial charge in [-0.3, -0.25) is 0 Å². The molecule has 0 radical (unpaired) electrons. The van der Waals surface area contributed by atoms with E-state index in [1.807, 2.05) is 140 Å². The third-order valence-corrected chi connectivity index (χ3v) is 9.19. The summed E-state index contributed by atoms with van der Waals surface area (Å²) in [6.45, 7) is 0. The van der Waals surface area contributed by atoms with Crippen LogP contribution in [-0.4, -0.2) is 0 Å². The molecule has 0 fully saturated rings. The van der Waals surface area contributed by atoms with E-state index < -0.39 is 0 Å². The molecule has 0 aliphatic rings. The summed E-state index contributed by atoms with van der Waals surface area (Å²) in [4.78, 5) is 1.38. The first kappa shape index (κ1) is 22.8. The van der Waals surface area contributed by atoms with Crippen molar-refractivity contribution >= 4 is 38.6 Å². The van der Waals surface area contributed by atoms with Gasteiger partial charge in [-0.2, -0.15) is 0 Å². The molecule has 1 nitrogen and oxygen atoms in total. The van der Waals surface area contributed by atoms with Crippen LogP contribution >= 0.6 is 0 Å². The number of rotatable bonds is 7. The Bertz CT molecular complexity index is 3040.